The highest BCUT2D eigenvalue weighted by Gasteiger charge is 2.47. The van der Waals surface area contributed by atoms with Crippen LogP contribution in [0.15, 0.2) is 219 Å². The zero-order chi connectivity index (χ0) is 38.5. The second-order valence-electron chi connectivity index (χ2n) is 14.7. The van der Waals surface area contributed by atoms with Crippen molar-refractivity contribution in [2.75, 3.05) is 0 Å². The van der Waals surface area contributed by atoms with Gasteiger partial charge in [-0.2, -0.15) is 8.97 Å². The summed E-state index contributed by atoms with van der Waals surface area (Å²) < 4.78 is 4.61. The van der Waals surface area contributed by atoms with E-state index in [2.05, 4.69) is 191 Å². The Balaban J connectivity index is 1.17. The second-order valence-corrected chi connectivity index (χ2v) is 14.7. The quantitative estimate of drug-likeness (QED) is 0.153. The summed E-state index contributed by atoms with van der Waals surface area (Å²) in [5, 5.41) is 0. The van der Waals surface area contributed by atoms with E-state index in [1.54, 1.807) is 0 Å². The van der Waals surface area contributed by atoms with E-state index in [9.17, 15) is 0 Å². The molecule has 1 aliphatic carbocycles. The lowest BCUT2D eigenvalue weighted by Gasteiger charge is -2.34. The molecule has 7 aromatic carbocycles. The molecule has 0 aliphatic heterocycles. The van der Waals surface area contributed by atoms with Gasteiger partial charge in [0, 0.05) is 16.7 Å². The molecule has 0 amide bonds. The summed E-state index contributed by atoms with van der Waals surface area (Å²) in [5.74, 6) is 3.01. The summed E-state index contributed by atoms with van der Waals surface area (Å²) in [4.78, 5) is 15.3. The van der Waals surface area contributed by atoms with Crippen LogP contribution in [0.4, 0.5) is 0 Å². The first kappa shape index (κ1) is 33.6. The minimum Gasteiger partial charge on any atom is -0.208 e. The van der Waals surface area contributed by atoms with Gasteiger partial charge in [-0.3, -0.25) is 0 Å². The molecule has 0 fully saturated rings. The van der Waals surface area contributed by atoms with Gasteiger partial charge in [-0.25, -0.2) is 15.0 Å². The van der Waals surface area contributed by atoms with E-state index in [1.165, 1.54) is 33.4 Å². The third-order valence-corrected chi connectivity index (χ3v) is 11.4. The van der Waals surface area contributed by atoms with Crippen LogP contribution in [0, 0.1) is 0 Å². The van der Waals surface area contributed by atoms with E-state index >= 15 is 0 Å². The molecule has 58 heavy (non-hydrogen) atoms. The maximum atomic E-state index is 5.15. The van der Waals surface area contributed by atoms with Crippen molar-refractivity contribution >= 4 is 5.52 Å². The summed E-state index contributed by atoms with van der Waals surface area (Å²) in [6.45, 7) is 0. The van der Waals surface area contributed by atoms with E-state index in [0.29, 0.717) is 17.5 Å². The fraction of sp³-hybridized carbons (Fsp3) is 0.0189. The Morgan fingerprint density at radius 2 is 0.862 bits per heavy atom. The molecule has 5 nitrogen and oxygen atoms in total. The summed E-state index contributed by atoms with van der Waals surface area (Å²) in [6, 6.07) is 72.9. The lowest BCUT2D eigenvalue weighted by molar-refractivity contribution is -0.582. The normalized spacial score (nSPS) is 12.6. The van der Waals surface area contributed by atoms with E-state index in [-0.39, 0.29) is 0 Å². The first-order chi connectivity index (χ1) is 28.8. The standard InChI is InChI=1S/C53H36N5/c1-6-18-37(19-7-1)49-54-50(38-20-8-2-9-21-38)56-51(55-49)40-29-31-45-46-32-30-43(58-36-44-28-16-17-33-57(44)52(58)39-22-10-3-11-23-39)35-48(46)53(47(45)34-40,41-24-12-4-13-25-41)42-26-14-5-15-27-42/h1-36H/q+1. The number of hydrogen-bond donors (Lipinski definition) is 0. The average Bonchev–Trinajstić information content (AvgIpc) is 3.84. The Kier molecular flexibility index (Phi) is 7.97. The maximum Gasteiger partial charge on any atom is 0.299 e. The smallest absolute Gasteiger partial charge is 0.208 e. The van der Waals surface area contributed by atoms with Gasteiger partial charge in [-0.1, -0.05) is 158 Å². The molecule has 272 valence electrons. The number of nitrogens with zero attached hydrogens (tertiary/aromatic N) is 5. The Morgan fingerprint density at radius 1 is 0.397 bits per heavy atom. The fourth-order valence-corrected chi connectivity index (χ4v) is 8.83. The first-order valence-corrected chi connectivity index (χ1v) is 19.6. The van der Waals surface area contributed by atoms with E-state index in [1.807, 2.05) is 36.4 Å². The lowest BCUT2D eigenvalue weighted by Crippen LogP contribution is -2.33. The maximum absolute atomic E-state index is 5.15. The van der Waals surface area contributed by atoms with E-state index in [0.717, 1.165) is 39.3 Å². The topological polar surface area (TPSA) is 47.0 Å². The molecule has 0 spiro atoms. The Morgan fingerprint density at radius 3 is 1.43 bits per heavy atom. The summed E-state index contributed by atoms with van der Waals surface area (Å²) in [5.41, 5.74) is 12.7. The van der Waals surface area contributed by atoms with Crippen molar-refractivity contribution in [3.05, 3.63) is 241 Å². The van der Waals surface area contributed by atoms with Crippen LogP contribution < -0.4 is 4.57 Å². The predicted molar refractivity (Wildman–Crippen MR) is 231 cm³/mol. The largest absolute Gasteiger partial charge is 0.299 e. The summed E-state index contributed by atoms with van der Waals surface area (Å²) >= 11 is 0. The monoisotopic (exact) mass is 742 g/mol. The molecule has 1 aliphatic rings. The molecule has 0 radical (unpaired) electrons. The van der Waals surface area contributed by atoms with Gasteiger partial charge in [0.25, 0.3) is 5.82 Å². The molecular weight excluding hydrogens is 707 g/mol. The van der Waals surface area contributed by atoms with Gasteiger partial charge in [0.05, 0.1) is 17.2 Å². The van der Waals surface area contributed by atoms with Gasteiger partial charge in [-0.15, -0.1) is 0 Å². The van der Waals surface area contributed by atoms with E-state index in [4.69, 9.17) is 15.0 Å². The van der Waals surface area contributed by atoms with Gasteiger partial charge >= 0.3 is 0 Å². The van der Waals surface area contributed by atoms with Crippen molar-refractivity contribution in [1.29, 1.82) is 0 Å². The van der Waals surface area contributed by atoms with Crippen LogP contribution >= 0.6 is 0 Å². The molecule has 0 saturated heterocycles. The second kappa shape index (κ2) is 13.8. The summed E-state index contributed by atoms with van der Waals surface area (Å²) in [7, 11) is 0. The van der Waals surface area contributed by atoms with Crippen LogP contribution in [0.25, 0.3) is 67.9 Å². The van der Waals surface area contributed by atoms with Crippen LogP contribution in [0.1, 0.15) is 22.3 Å². The molecule has 10 aromatic rings. The number of aromatic nitrogens is 5. The average molecular weight is 743 g/mol. The minimum atomic E-state index is -0.649. The highest BCUT2D eigenvalue weighted by Crippen LogP contribution is 2.57. The van der Waals surface area contributed by atoms with Crippen molar-refractivity contribution in [2.45, 2.75) is 5.41 Å². The lowest BCUT2D eigenvalue weighted by atomic mass is 9.67. The molecule has 3 aromatic heterocycles. The van der Waals surface area contributed by atoms with Crippen molar-refractivity contribution in [2.24, 2.45) is 0 Å². The van der Waals surface area contributed by atoms with Crippen LogP contribution in [-0.4, -0.2) is 19.4 Å². The van der Waals surface area contributed by atoms with Gasteiger partial charge in [0.15, 0.2) is 23.0 Å². The predicted octanol–water partition coefficient (Wildman–Crippen LogP) is 11.4. The van der Waals surface area contributed by atoms with Crippen molar-refractivity contribution in [3.8, 4) is 62.4 Å². The third-order valence-electron chi connectivity index (χ3n) is 11.4. The van der Waals surface area contributed by atoms with Crippen LogP contribution in [0.3, 0.4) is 0 Å². The Hall–Kier alpha value is -7.76. The molecule has 5 heteroatoms. The third kappa shape index (κ3) is 5.40. The summed E-state index contributed by atoms with van der Waals surface area (Å²) in [6.07, 6.45) is 4.39. The number of benzene rings is 7. The molecule has 0 atom stereocenters. The zero-order valence-corrected chi connectivity index (χ0v) is 31.5. The van der Waals surface area contributed by atoms with Gasteiger partial charge < -0.3 is 0 Å². The Labute approximate surface area is 336 Å². The fourth-order valence-electron chi connectivity index (χ4n) is 8.83. The minimum absolute atomic E-state index is 0.630. The highest BCUT2D eigenvalue weighted by atomic mass is 15.1. The SMILES string of the molecule is c1ccc(-c2nc(-c3ccccc3)nc(-c3ccc4c(c3)C(c3ccccc3)(c3ccccc3)c3cc(-[n+]5cc6ccccn6c5-c5ccccc5)ccc3-4)n2)cc1. The van der Waals surface area contributed by atoms with Crippen LogP contribution in [0.2, 0.25) is 0 Å². The molecule has 3 heterocycles. The molecule has 0 N–H and O–H groups in total. The number of imidazole rings is 1. The molecular formula is C53H36N5+. The number of hydrogen-bond acceptors (Lipinski definition) is 3. The molecule has 0 unspecified atom stereocenters. The zero-order valence-electron chi connectivity index (χ0n) is 31.5. The number of fused-ring (bicyclic) bond motifs is 4. The van der Waals surface area contributed by atoms with Crippen LogP contribution in [-0.2, 0) is 5.41 Å². The van der Waals surface area contributed by atoms with Gasteiger partial charge in [-0.05, 0) is 81.9 Å². The molecule has 11 rings (SSSR count). The molecule has 0 saturated carbocycles. The number of pyridine rings is 1. The molecule has 0 bridgehead atoms. The number of rotatable bonds is 7. The van der Waals surface area contributed by atoms with Crippen molar-refractivity contribution < 1.29 is 4.57 Å². The van der Waals surface area contributed by atoms with Crippen molar-refractivity contribution in [3.63, 3.8) is 0 Å². The van der Waals surface area contributed by atoms with E-state index < -0.39 is 5.41 Å². The first-order valence-electron chi connectivity index (χ1n) is 19.6. The highest BCUT2D eigenvalue weighted by molar-refractivity contribution is 5.88. The van der Waals surface area contributed by atoms with Crippen molar-refractivity contribution in [1.82, 2.24) is 19.4 Å². The van der Waals surface area contributed by atoms with Crippen LogP contribution in [0.5, 0.6) is 0 Å². The van der Waals surface area contributed by atoms with Gasteiger partial charge in [0.2, 0.25) is 0 Å². The van der Waals surface area contributed by atoms with Gasteiger partial charge in [0.1, 0.15) is 11.9 Å². The Bertz CT molecular complexity index is 2990.